The molecule has 4 aromatic rings. The molecule has 0 radical (unpaired) electrons. The number of hydrogen-bond acceptors (Lipinski definition) is 8. The van der Waals surface area contributed by atoms with Crippen molar-refractivity contribution in [1.29, 1.82) is 0 Å². The Balaban J connectivity index is 1.75. The van der Waals surface area contributed by atoms with E-state index in [1.54, 1.807) is 38.3 Å². The predicted octanol–water partition coefficient (Wildman–Crippen LogP) is 2.32. The second-order valence-electron chi connectivity index (χ2n) is 8.12. The van der Waals surface area contributed by atoms with Crippen LogP contribution in [-0.2, 0) is 16.9 Å². The molecule has 0 aliphatic rings. The molecule has 14 heteroatoms. The molecule has 0 saturated carbocycles. The molecular formula is C22H23F2N7O4S. The van der Waals surface area contributed by atoms with Crippen molar-refractivity contribution in [1.82, 2.24) is 29.3 Å². The number of rotatable bonds is 9. The van der Waals surface area contributed by atoms with Crippen molar-refractivity contribution in [3.05, 3.63) is 54.6 Å². The molecule has 0 aliphatic heterocycles. The summed E-state index contributed by atoms with van der Waals surface area (Å²) >= 11 is 0. The van der Waals surface area contributed by atoms with Gasteiger partial charge in [-0.25, -0.2) is 17.9 Å². The molecule has 36 heavy (non-hydrogen) atoms. The minimum absolute atomic E-state index is 0.0184. The molecule has 190 valence electrons. The monoisotopic (exact) mass is 519 g/mol. The molecule has 1 aromatic carbocycles. The van der Waals surface area contributed by atoms with E-state index >= 15 is 0 Å². The number of benzene rings is 1. The summed E-state index contributed by atoms with van der Waals surface area (Å²) < 4.78 is 59.5. The molecular weight excluding hydrogens is 496 g/mol. The summed E-state index contributed by atoms with van der Waals surface area (Å²) in [4.78, 5) is 18.8. The van der Waals surface area contributed by atoms with Crippen LogP contribution in [0.5, 0.6) is 5.75 Å². The van der Waals surface area contributed by atoms with E-state index in [0.29, 0.717) is 5.65 Å². The highest BCUT2D eigenvalue weighted by molar-refractivity contribution is 7.91. The SMILES string of the molecule is CN(C)CCS(=O)(=O)c1ccc(OC(F)F)c(-c2nn(C)cc2NC(=O)c2cnn3cccnc23)c1. The van der Waals surface area contributed by atoms with Crippen LogP contribution in [0.2, 0.25) is 0 Å². The third-order valence-corrected chi connectivity index (χ3v) is 6.88. The molecule has 3 aromatic heterocycles. The minimum atomic E-state index is -3.75. The van der Waals surface area contributed by atoms with Crippen molar-refractivity contribution in [2.24, 2.45) is 7.05 Å². The summed E-state index contributed by atoms with van der Waals surface area (Å²) in [6.45, 7) is -2.89. The van der Waals surface area contributed by atoms with Crippen molar-refractivity contribution in [2.45, 2.75) is 11.5 Å². The Morgan fingerprint density at radius 3 is 2.78 bits per heavy atom. The van der Waals surface area contributed by atoms with Gasteiger partial charge in [0, 0.05) is 37.7 Å². The third kappa shape index (κ3) is 5.33. The van der Waals surface area contributed by atoms with E-state index in [9.17, 15) is 22.0 Å². The first-order chi connectivity index (χ1) is 17.0. The number of alkyl halides is 2. The fourth-order valence-electron chi connectivity index (χ4n) is 3.46. The second-order valence-corrected chi connectivity index (χ2v) is 10.2. The number of anilines is 1. The number of amides is 1. The fraction of sp³-hybridized carbons (Fsp3) is 0.273. The van der Waals surface area contributed by atoms with Crippen molar-refractivity contribution in [3.8, 4) is 17.0 Å². The lowest BCUT2D eigenvalue weighted by atomic mass is 10.1. The van der Waals surface area contributed by atoms with E-state index in [1.165, 1.54) is 39.9 Å². The summed E-state index contributed by atoms with van der Waals surface area (Å²) in [6.07, 6.45) is 5.95. The first-order valence-electron chi connectivity index (χ1n) is 10.7. The number of carbonyl (C=O) groups is 1. The highest BCUT2D eigenvalue weighted by Gasteiger charge is 2.24. The predicted molar refractivity (Wildman–Crippen MR) is 127 cm³/mol. The smallest absolute Gasteiger partial charge is 0.387 e. The topological polar surface area (TPSA) is 124 Å². The van der Waals surface area contributed by atoms with Gasteiger partial charge in [-0.2, -0.15) is 19.0 Å². The highest BCUT2D eigenvalue weighted by Crippen LogP contribution is 2.37. The zero-order chi connectivity index (χ0) is 26.0. The molecule has 4 rings (SSSR count). The van der Waals surface area contributed by atoms with Crippen molar-refractivity contribution >= 4 is 27.1 Å². The lowest BCUT2D eigenvalue weighted by Crippen LogP contribution is -2.22. The van der Waals surface area contributed by atoms with Crippen LogP contribution in [0.1, 0.15) is 10.4 Å². The van der Waals surface area contributed by atoms with E-state index in [2.05, 4.69) is 25.2 Å². The number of halogens is 2. The van der Waals surface area contributed by atoms with Gasteiger partial charge in [0.15, 0.2) is 15.5 Å². The Hall–Kier alpha value is -3.91. The van der Waals surface area contributed by atoms with E-state index in [-0.39, 0.29) is 45.5 Å². The molecule has 0 fully saturated rings. The summed E-state index contributed by atoms with van der Waals surface area (Å²) in [6, 6.07) is 5.24. The van der Waals surface area contributed by atoms with Crippen LogP contribution in [0.4, 0.5) is 14.5 Å². The lowest BCUT2D eigenvalue weighted by Gasteiger charge is -2.14. The molecule has 0 atom stereocenters. The van der Waals surface area contributed by atoms with Gasteiger partial charge in [0.25, 0.3) is 5.91 Å². The molecule has 0 unspecified atom stereocenters. The zero-order valence-corrected chi connectivity index (χ0v) is 20.4. The van der Waals surface area contributed by atoms with Crippen LogP contribution < -0.4 is 10.1 Å². The molecule has 0 bridgehead atoms. The van der Waals surface area contributed by atoms with Gasteiger partial charge in [-0.15, -0.1) is 0 Å². The summed E-state index contributed by atoms with van der Waals surface area (Å²) in [5, 5.41) is 11.1. The van der Waals surface area contributed by atoms with Gasteiger partial charge >= 0.3 is 6.61 Å². The van der Waals surface area contributed by atoms with Crippen molar-refractivity contribution < 1.29 is 26.7 Å². The first kappa shape index (κ1) is 25.2. The zero-order valence-electron chi connectivity index (χ0n) is 19.6. The van der Waals surface area contributed by atoms with Gasteiger partial charge in [-0.05, 0) is 38.4 Å². The lowest BCUT2D eigenvalue weighted by molar-refractivity contribution is -0.0494. The fourth-order valence-corrected chi connectivity index (χ4v) is 4.88. The maximum Gasteiger partial charge on any atom is 0.387 e. The van der Waals surface area contributed by atoms with E-state index in [4.69, 9.17) is 0 Å². The number of fused-ring (bicyclic) bond motifs is 1. The quantitative estimate of drug-likeness (QED) is 0.357. The largest absolute Gasteiger partial charge is 0.434 e. The molecule has 0 saturated heterocycles. The number of carbonyl (C=O) groups excluding carboxylic acids is 1. The van der Waals surface area contributed by atoms with Crippen LogP contribution in [0.15, 0.2) is 53.9 Å². The summed E-state index contributed by atoms with van der Waals surface area (Å²) in [5.74, 6) is -1.03. The number of aromatic nitrogens is 5. The number of nitrogens with one attached hydrogen (secondary N) is 1. The average molecular weight is 520 g/mol. The maximum absolute atomic E-state index is 13.2. The van der Waals surface area contributed by atoms with Crippen LogP contribution in [0.25, 0.3) is 16.9 Å². The van der Waals surface area contributed by atoms with Gasteiger partial charge in [0.05, 0.1) is 22.5 Å². The van der Waals surface area contributed by atoms with Crippen LogP contribution in [-0.4, -0.2) is 76.6 Å². The summed E-state index contributed by atoms with van der Waals surface area (Å²) in [7, 11) is 1.30. The third-order valence-electron chi connectivity index (χ3n) is 5.19. The average Bonchev–Trinajstić information content (AvgIpc) is 3.41. The standard InChI is InChI=1S/C22H23F2N7O4S/c1-29(2)9-10-36(33,34)14-5-6-18(35-22(23)24)15(11-14)19-17(13-30(3)28-19)27-21(32)16-12-26-31-8-4-7-25-20(16)31/h4-8,11-13,22H,9-10H2,1-3H3,(H,27,32). The number of aryl methyl sites for hydroxylation is 1. The Labute approximate surface area is 205 Å². The van der Waals surface area contributed by atoms with Crippen LogP contribution in [0, 0.1) is 0 Å². The van der Waals surface area contributed by atoms with E-state index in [0.717, 1.165) is 6.07 Å². The minimum Gasteiger partial charge on any atom is -0.434 e. The molecule has 1 amide bonds. The Morgan fingerprint density at radius 2 is 2.06 bits per heavy atom. The van der Waals surface area contributed by atoms with Gasteiger partial charge in [0.2, 0.25) is 0 Å². The molecule has 0 aliphatic carbocycles. The molecule has 0 spiro atoms. The number of ether oxygens (including phenoxy) is 1. The number of sulfone groups is 1. The highest BCUT2D eigenvalue weighted by atomic mass is 32.2. The van der Waals surface area contributed by atoms with Crippen LogP contribution in [0.3, 0.4) is 0 Å². The Kier molecular flexibility index (Phi) is 6.99. The summed E-state index contributed by atoms with van der Waals surface area (Å²) in [5.41, 5.74) is 0.677. The maximum atomic E-state index is 13.2. The van der Waals surface area contributed by atoms with Crippen LogP contribution >= 0.6 is 0 Å². The number of nitrogens with zero attached hydrogens (tertiary/aromatic N) is 6. The van der Waals surface area contributed by atoms with Gasteiger partial charge in [0.1, 0.15) is 17.0 Å². The van der Waals surface area contributed by atoms with E-state index in [1.807, 2.05) is 0 Å². The Bertz CT molecular complexity index is 1520. The Morgan fingerprint density at radius 1 is 1.28 bits per heavy atom. The van der Waals surface area contributed by atoms with Gasteiger partial charge in [-0.1, -0.05) is 0 Å². The molecule has 1 N–H and O–H groups in total. The van der Waals surface area contributed by atoms with Gasteiger partial charge < -0.3 is 15.0 Å². The second kappa shape index (κ2) is 9.99. The molecule has 11 nitrogen and oxygen atoms in total. The normalized spacial score (nSPS) is 12.0. The van der Waals surface area contributed by atoms with E-state index < -0.39 is 22.4 Å². The van der Waals surface area contributed by atoms with Gasteiger partial charge in [-0.3, -0.25) is 9.48 Å². The number of hydrogen-bond donors (Lipinski definition) is 1. The first-order valence-corrected chi connectivity index (χ1v) is 12.3. The van der Waals surface area contributed by atoms with Crippen molar-refractivity contribution in [3.63, 3.8) is 0 Å². The van der Waals surface area contributed by atoms with Crippen molar-refractivity contribution in [2.75, 3.05) is 31.7 Å². The molecule has 3 heterocycles.